The molecule has 0 aromatic carbocycles. The molecule has 1 aliphatic heterocycles. The number of carbonyl (C=O) groups excluding carboxylic acids is 1. The molecule has 1 aromatic rings. The molecule has 0 radical (unpaired) electrons. The highest BCUT2D eigenvalue weighted by atomic mass is 35.5. The minimum Gasteiger partial charge on any atom is -0.370 e. The van der Waals surface area contributed by atoms with Gasteiger partial charge >= 0.3 is 0 Å². The fourth-order valence-corrected chi connectivity index (χ4v) is 3.20. The maximum Gasteiger partial charge on any atom is 0.255 e. The van der Waals surface area contributed by atoms with E-state index in [9.17, 15) is 4.79 Å². The Bertz CT molecular complexity index is 520. The number of hydrogen-bond acceptors (Lipinski definition) is 3. The molecule has 116 valence electrons. The lowest BCUT2D eigenvalue weighted by Gasteiger charge is -2.41. The summed E-state index contributed by atoms with van der Waals surface area (Å²) in [6.45, 7) is 10.1. The second kappa shape index (κ2) is 6.65. The van der Waals surface area contributed by atoms with Crippen LogP contribution in [-0.2, 0) is 0 Å². The summed E-state index contributed by atoms with van der Waals surface area (Å²) in [5.41, 5.74) is 0.538. The van der Waals surface area contributed by atoms with Crippen LogP contribution < -0.4 is 5.32 Å². The number of halogens is 1. The van der Waals surface area contributed by atoms with Gasteiger partial charge in [0.05, 0.1) is 10.6 Å². The van der Waals surface area contributed by atoms with Crippen molar-refractivity contribution in [2.45, 2.75) is 40.2 Å². The van der Waals surface area contributed by atoms with E-state index in [1.807, 2.05) is 11.8 Å². The number of carbonyl (C=O) groups is 1. The van der Waals surface area contributed by atoms with Gasteiger partial charge in [-0.15, -0.1) is 0 Å². The van der Waals surface area contributed by atoms with E-state index in [0.717, 1.165) is 19.5 Å². The lowest BCUT2D eigenvalue weighted by atomic mass is 9.85. The zero-order valence-corrected chi connectivity index (χ0v) is 13.9. The molecule has 3 atom stereocenters. The van der Waals surface area contributed by atoms with Crippen molar-refractivity contribution in [2.24, 2.45) is 11.8 Å². The molecule has 21 heavy (non-hydrogen) atoms. The van der Waals surface area contributed by atoms with E-state index in [0.29, 0.717) is 28.2 Å². The van der Waals surface area contributed by atoms with E-state index in [4.69, 9.17) is 11.6 Å². The quantitative estimate of drug-likeness (QED) is 0.926. The molecule has 3 unspecified atom stereocenters. The van der Waals surface area contributed by atoms with Gasteiger partial charge < -0.3 is 10.2 Å². The number of likely N-dealkylation sites (tertiary alicyclic amines) is 1. The monoisotopic (exact) mass is 309 g/mol. The van der Waals surface area contributed by atoms with Crippen molar-refractivity contribution in [3.8, 4) is 0 Å². The lowest BCUT2D eigenvalue weighted by molar-refractivity contribution is 0.0456. The van der Waals surface area contributed by atoms with Gasteiger partial charge in [0.2, 0.25) is 0 Å². The summed E-state index contributed by atoms with van der Waals surface area (Å²) >= 11 is 6.19. The molecule has 1 N–H and O–H groups in total. The molecule has 1 amide bonds. The Balaban J connectivity index is 2.28. The molecular formula is C16H24ClN3O. The average Bonchev–Trinajstić information content (AvgIpc) is 2.44. The van der Waals surface area contributed by atoms with Crippen LogP contribution in [-0.4, -0.2) is 34.9 Å². The molecule has 2 rings (SSSR count). The van der Waals surface area contributed by atoms with Crippen LogP contribution in [0.15, 0.2) is 12.3 Å². The standard InChI is InChI=1S/C16H24ClN3O/c1-5-18-15-7-13(14(17)8-19-15)16(21)20-9-10(2)6-11(3)12(20)4/h7-8,10-12H,5-6,9H2,1-4H3,(H,18,19). The fourth-order valence-electron chi connectivity index (χ4n) is 3.02. The third-order valence-corrected chi connectivity index (χ3v) is 4.60. The number of rotatable bonds is 3. The largest absolute Gasteiger partial charge is 0.370 e. The van der Waals surface area contributed by atoms with Gasteiger partial charge in [-0.25, -0.2) is 4.98 Å². The molecule has 1 fully saturated rings. The predicted molar refractivity (Wildman–Crippen MR) is 86.9 cm³/mol. The molecule has 5 heteroatoms. The zero-order valence-electron chi connectivity index (χ0n) is 13.2. The number of piperidine rings is 1. The van der Waals surface area contributed by atoms with Gasteiger partial charge in [-0.05, 0) is 38.2 Å². The summed E-state index contributed by atoms with van der Waals surface area (Å²) in [6, 6.07) is 1.99. The van der Waals surface area contributed by atoms with Gasteiger partial charge in [0.15, 0.2) is 0 Å². The van der Waals surface area contributed by atoms with Crippen molar-refractivity contribution in [1.29, 1.82) is 0 Å². The molecule has 1 saturated heterocycles. The first kappa shape index (κ1) is 16.1. The van der Waals surface area contributed by atoms with E-state index in [1.54, 1.807) is 12.3 Å². The number of pyridine rings is 1. The molecule has 0 aliphatic carbocycles. The van der Waals surface area contributed by atoms with Crippen LogP contribution in [0.2, 0.25) is 5.02 Å². The number of nitrogens with zero attached hydrogens (tertiary/aromatic N) is 2. The molecule has 0 saturated carbocycles. The molecule has 0 spiro atoms. The van der Waals surface area contributed by atoms with Crippen molar-refractivity contribution < 1.29 is 4.79 Å². The number of aromatic nitrogens is 1. The van der Waals surface area contributed by atoms with Crippen molar-refractivity contribution in [3.63, 3.8) is 0 Å². The van der Waals surface area contributed by atoms with E-state index in [1.165, 1.54) is 0 Å². The highest BCUT2D eigenvalue weighted by Gasteiger charge is 2.33. The summed E-state index contributed by atoms with van der Waals surface area (Å²) < 4.78 is 0. The van der Waals surface area contributed by atoms with E-state index in [2.05, 4.69) is 31.1 Å². The van der Waals surface area contributed by atoms with Crippen molar-refractivity contribution in [1.82, 2.24) is 9.88 Å². The van der Waals surface area contributed by atoms with Crippen molar-refractivity contribution in [2.75, 3.05) is 18.4 Å². The Kier molecular flexibility index (Phi) is 5.09. The fraction of sp³-hybridized carbons (Fsp3) is 0.625. The van der Waals surface area contributed by atoms with Crippen molar-refractivity contribution in [3.05, 3.63) is 22.8 Å². The van der Waals surface area contributed by atoms with Gasteiger partial charge in [0.25, 0.3) is 5.91 Å². The second-order valence-electron chi connectivity index (χ2n) is 6.10. The molecular weight excluding hydrogens is 286 g/mol. The average molecular weight is 310 g/mol. The van der Waals surface area contributed by atoms with Gasteiger partial charge in [-0.3, -0.25) is 4.79 Å². The Morgan fingerprint density at radius 2 is 2.19 bits per heavy atom. The minimum atomic E-state index is 0.00690. The Labute approximate surface area is 131 Å². The highest BCUT2D eigenvalue weighted by Crippen LogP contribution is 2.30. The second-order valence-corrected chi connectivity index (χ2v) is 6.50. The van der Waals surface area contributed by atoms with Gasteiger partial charge in [-0.2, -0.15) is 0 Å². The van der Waals surface area contributed by atoms with E-state index >= 15 is 0 Å². The van der Waals surface area contributed by atoms with Crippen LogP contribution in [0.25, 0.3) is 0 Å². The highest BCUT2D eigenvalue weighted by molar-refractivity contribution is 6.33. The smallest absolute Gasteiger partial charge is 0.255 e. The van der Waals surface area contributed by atoms with E-state index in [-0.39, 0.29) is 11.9 Å². The molecule has 2 heterocycles. The van der Waals surface area contributed by atoms with Crippen LogP contribution in [0.1, 0.15) is 44.5 Å². The molecule has 1 aliphatic rings. The third-order valence-electron chi connectivity index (χ3n) is 4.30. The first-order valence-corrected chi connectivity index (χ1v) is 8.02. The van der Waals surface area contributed by atoms with Crippen LogP contribution in [0.4, 0.5) is 5.82 Å². The Hall–Kier alpha value is -1.29. The summed E-state index contributed by atoms with van der Waals surface area (Å²) in [6.07, 6.45) is 2.71. The Morgan fingerprint density at radius 3 is 2.86 bits per heavy atom. The Morgan fingerprint density at radius 1 is 1.48 bits per heavy atom. The number of nitrogens with one attached hydrogen (secondary N) is 1. The van der Waals surface area contributed by atoms with Gasteiger partial charge in [0, 0.05) is 25.3 Å². The number of hydrogen-bond donors (Lipinski definition) is 1. The van der Waals surface area contributed by atoms with Gasteiger partial charge in [0.1, 0.15) is 5.82 Å². The summed E-state index contributed by atoms with van der Waals surface area (Å²) in [5, 5.41) is 3.54. The van der Waals surface area contributed by atoms with E-state index < -0.39 is 0 Å². The van der Waals surface area contributed by atoms with Crippen LogP contribution in [0.3, 0.4) is 0 Å². The summed E-state index contributed by atoms with van der Waals surface area (Å²) in [5.74, 6) is 1.73. The third kappa shape index (κ3) is 3.49. The topological polar surface area (TPSA) is 45.2 Å². The van der Waals surface area contributed by atoms with Crippen LogP contribution >= 0.6 is 11.6 Å². The maximum absolute atomic E-state index is 12.9. The normalized spacial score (nSPS) is 25.8. The SMILES string of the molecule is CCNc1cc(C(=O)N2CC(C)CC(C)C2C)c(Cl)cn1. The summed E-state index contributed by atoms with van der Waals surface area (Å²) in [7, 11) is 0. The number of amides is 1. The molecule has 4 nitrogen and oxygen atoms in total. The predicted octanol–water partition coefficient (Wildman–Crippen LogP) is 3.67. The number of anilines is 1. The van der Waals surface area contributed by atoms with Crippen LogP contribution in [0, 0.1) is 11.8 Å². The lowest BCUT2D eigenvalue weighted by Crippen LogP contribution is -2.48. The first-order chi connectivity index (χ1) is 9.93. The molecule has 1 aromatic heterocycles. The summed E-state index contributed by atoms with van der Waals surface area (Å²) in [4.78, 5) is 19.0. The van der Waals surface area contributed by atoms with Gasteiger partial charge in [-0.1, -0.05) is 25.4 Å². The zero-order chi connectivity index (χ0) is 15.6. The first-order valence-electron chi connectivity index (χ1n) is 7.64. The van der Waals surface area contributed by atoms with Crippen LogP contribution in [0.5, 0.6) is 0 Å². The minimum absolute atomic E-state index is 0.00690. The van der Waals surface area contributed by atoms with Crippen molar-refractivity contribution >= 4 is 23.3 Å². The maximum atomic E-state index is 12.9. The molecule has 0 bridgehead atoms.